The van der Waals surface area contributed by atoms with Crippen LogP contribution in [-0.4, -0.2) is 134 Å². The highest BCUT2D eigenvalue weighted by molar-refractivity contribution is 8.00. The van der Waals surface area contributed by atoms with Crippen LogP contribution in [0, 0.1) is 52.8 Å². The van der Waals surface area contributed by atoms with Gasteiger partial charge in [-0.15, -0.1) is 0 Å². The third-order valence-electron chi connectivity index (χ3n) is 15.3. The number of aliphatic hydroxyl groups is 2. The van der Waals surface area contributed by atoms with Crippen molar-refractivity contribution in [1.29, 1.82) is 0 Å². The van der Waals surface area contributed by atoms with Crippen molar-refractivity contribution in [3.8, 4) is 0 Å². The predicted molar refractivity (Wildman–Crippen MR) is 208 cm³/mol. The van der Waals surface area contributed by atoms with Gasteiger partial charge in [-0.1, -0.05) is 27.2 Å². The normalized spacial score (nSPS) is 43.3. The van der Waals surface area contributed by atoms with Crippen molar-refractivity contribution in [3.05, 3.63) is 0 Å². The van der Waals surface area contributed by atoms with E-state index in [-0.39, 0.29) is 66.4 Å². The van der Waals surface area contributed by atoms with E-state index in [4.69, 9.17) is 14.3 Å². The van der Waals surface area contributed by atoms with E-state index in [1.54, 1.807) is 26.2 Å². The molecule has 2 heterocycles. The SMILES string of the molecule is COC1C(CN2O[C@@H](CO)[C@@H]([C@H](C)O)[C@H]2C(=O)NC2C[C@H]3C[C@@H]([C@@H]2C)C3(C)C)CCCC1C1CC(C(=O)NCCC2CCCS2)CC(N(C)C)C1OC. The molecule has 12 heteroatoms. The van der Waals surface area contributed by atoms with E-state index in [2.05, 4.69) is 50.4 Å². The van der Waals surface area contributed by atoms with Gasteiger partial charge in [0, 0.05) is 62.4 Å². The zero-order chi connectivity index (χ0) is 38.2. The number of hydrogen-bond donors (Lipinski definition) is 4. The van der Waals surface area contributed by atoms with Crippen molar-refractivity contribution in [3.63, 3.8) is 0 Å². The van der Waals surface area contributed by atoms with Crippen LogP contribution < -0.4 is 10.6 Å². The van der Waals surface area contributed by atoms with Crippen LogP contribution in [0.25, 0.3) is 0 Å². The lowest BCUT2D eigenvalue weighted by molar-refractivity contribution is -0.195. The molecule has 7 aliphatic rings. The number of carbonyl (C=O) groups excluding carboxylic acids is 2. The maximum absolute atomic E-state index is 14.3. The van der Waals surface area contributed by atoms with Crippen LogP contribution in [0.4, 0.5) is 0 Å². The lowest BCUT2D eigenvalue weighted by atomic mass is 9.45. The lowest BCUT2D eigenvalue weighted by Gasteiger charge is -2.62. The quantitative estimate of drug-likeness (QED) is 0.206. The number of hydroxylamine groups is 2. The number of aliphatic hydroxyl groups excluding tert-OH is 2. The van der Waals surface area contributed by atoms with E-state index < -0.39 is 24.2 Å². The molecule has 2 aliphatic heterocycles. The molecule has 7 rings (SSSR count). The number of fused-ring (bicyclic) bond motifs is 2. The number of hydrogen-bond acceptors (Lipinski definition) is 10. The first-order chi connectivity index (χ1) is 25.3. The van der Waals surface area contributed by atoms with Crippen molar-refractivity contribution < 1.29 is 34.1 Å². The van der Waals surface area contributed by atoms with Gasteiger partial charge in [-0.05, 0) is 120 Å². The summed E-state index contributed by atoms with van der Waals surface area (Å²) in [6.45, 7) is 9.60. The molecule has 0 aromatic carbocycles. The van der Waals surface area contributed by atoms with Gasteiger partial charge in [-0.2, -0.15) is 16.8 Å². The van der Waals surface area contributed by atoms with Gasteiger partial charge >= 0.3 is 0 Å². The smallest absolute Gasteiger partial charge is 0.240 e. The molecule has 0 aromatic heterocycles. The molecule has 2 bridgehead atoms. The highest BCUT2D eigenvalue weighted by atomic mass is 32.2. The Labute approximate surface area is 323 Å². The number of amides is 2. The van der Waals surface area contributed by atoms with Gasteiger partial charge in [0.15, 0.2) is 0 Å². The maximum atomic E-state index is 14.3. The standard InChI is InChI=1S/C41H72N4O7S/c1-23-31-19-27(41(31,3)4)20-32(23)43-40(49)36-35(24(2)47)34(22-46)52-45(36)21-25-11-9-13-29(37(25)50-7)30-17-26(18-33(44(5)6)38(30)51-8)39(48)42-15-14-28-12-10-16-53-28/h23-38,46-47H,9-22H2,1-8H3,(H,42,48)(H,43,49)/t23-,24-,25?,26?,27+,28?,29?,30?,31-,32?,33?,34-,35+,36-,37?,38?/m0/s1. The van der Waals surface area contributed by atoms with Crippen LogP contribution in [0.1, 0.15) is 91.9 Å². The first-order valence-electron chi connectivity index (χ1n) is 20.9. The second-order valence-corrected chi connectivity index (χ2v) is 20.0. The molecule has 7 fully saturated rings. The average Bonchev–Trinajstić information content (AvgIpc) is 3.79. The minimum atomic E-state index is -0.839. The third kappa shape index (κ3) is 8.51. The fraction of sp³-hybridized carbons (Fsp3) is 0.951. The molecular formula is C41H72N4O7S. The molecule has 0 spiro atoms. The Bertz CT molecular complexity index is 1230. The van der Waals surface area contributed by atoms with Crippen LogP contribution >= 0.6 is 11.8 Å². The van der Waals surface area contributed by atoms with Gasteiger partial charge in [0.2, 0.25) is 11.8 Å². The Morgan fingerprint density at radius 1 is 1.02 bits per heavy atom. The maximum Gasteiger partial charge on any atom is 0.240 e. The zero-order valence-electron chi connectivity index (χ0n) is 33.9. The number of carbonyl (C=O) groups is 2. The first-order valence-corrected chi connectivity index (χ1v) is 22.0. The largest absolute Gasteiger partial charge is 0.394 e. The Kier molecular flexibility index (Phi) is 13.9. The summed E-state index contributed by atoms with van der Waals surface area (Å²) in [4.78, 5) is 36.7. The Balaban J connectivity index is 1.18. The molecule has 304 valence electrons. The molecule has 16 atom stereocenters. The molecule has 11 nitrogen and oxygen atoms in total. The highest BCUT2D eigenvalue weighted by Crippen LogP contribution is 2.61. The molecule has 5 aliphatic carbocycles. The number of rotatable bonds is 14. The number of thioether (sulfide) groups is 1. The number of ether oxygens (including phenoxy) is 2. The molecule has 5 saturated carbocycles. The number of nitrogens with one attached hydrogen (secondary N) is 2. The summed E-state index contributed by atoms with van der Waals surface area (Å²) < 4.78 is 12.7. The van der Waals surface area contributed by atoms with Gasteiger partial charge in [-0.25, -0.2) is 0 Å². The van der Waals surface area contributed by atoms with Crippen molar-refractivity contribution in [1.82, 2.24) is 20.6 Å². The molecule has 2 saturated heterocycles. The molecule has 9 unspecified atom stereocenters. The molecule has 0 radical (unpaired) electrons. The van der Waals surface area contributed by atoms with Gasteiger partial charge in [0.1, 0.15) is 12.1 Å². The monoisotopic (exact) mass is 765 g/mol. The predicted octanol–water partition coefficient (Wildman–Crippen LogP) is 3.95. The van der Waals surface area contributed by atoms with E-state index >= 15 is 0 Å². The summed E-state index contributed by atoms with van der Waals surface area (Å²) in [5.74, 6) is 2.51. The number of methoxy groups -OCH3 is 2. The zero-order valence-corrected chi connectivity index (χ0v) is 34.7. The van der Waals surface area contributed by atoms with E-state index in [0.29, 0.717) is 35.0 Å². The van der Waals surface area contributed by atoms with Crippen molar-refractivity contribution in [2.75, 3.05) is 53.8 Å². The average molecular weight is 765 g/mol. The topological polar surface area (TPSA) is 133 Å². The van der Waals surface area contributed by atoms with E-state index in [1.807, 2.05) is 11.8 Å². The van der Waals surface area contributed by atoms with Crippen LogP contribution in [0.5, 0.6) is 0 Å². The van der Waals surface area contributed by atoms with Crippen molar-refractivity contribution in [2.45, 2.75) is 140 Å². The fourth-order valence-electron chi connectivity index (χ4n) is 12.2. The van der Waals surface area contributed by atoms with E-state index in [1.165, 1.54) is 25.0 Å². The Hall–Kier alpha value is -0.990. The minimum Gasteiger partial charge on any atom is -0.394 e. The second-order valence-electron chi connectivity index (χ2n) is 18.6. The lowest BCUT2D eigenvalue weighted by Crippen LogP contribution is -2.62. The Morgan fingerprint density at radius 3 is 2.38 bits per heavy atom. The van der Waals surface area contributed by atoms with Gasteiger partial charge < -0.3 is 35.2 Å². The summed E-state index contributed by atoms with van der Waals surface area (Å²) >= 11 is 2.04. The van der Waals surface area contributed by atoms with Crippen LogP contribution in [0.2, 0.25) is 0 Å². The van der Waals surface area contributed by atoms with Crippen LogP contribution in [-0.2, 0) is 23.9 Å². The van der Waals surface area contributed by atoms with E-state index in [9.17, 15) is 19.8 Å². The van der Waals surface area contributed by atoms with Crippen molar-refractivity contribution in [2.24, 2.45) is 52.8 Å². The second kappa shape index (κ2) is 17.7. The van der Waals surface area contributed by atoms with E-state index in [0.717, 1.165) is 51.5 Å². The summed E-state index contributed by atoms with van der Waals surface area (Å²) in [6, 6.07) is -0.536. The van der Waals surface area contributed by atoms with Crippen LogP contribution in [0.3, 0.4) is 0 Å². The molecular weight excluding hydrogens is 693 g/mol. The van der Waals surface area contributed by atoms with Crippen molar-refractivity contribution >= 4 is 23.6 Å². The molecule has 0 aromatic rings. The summed E-state index contributed by atoms with van der Waals surface area (Å²) in [5.41, 5.74) is 0.310. The number of nitrogens with zero attached hydrogens (tertiary/aromatic N) is 2. The molecule has 2 amide bonds. The first kappa shape index (κ1) is 41.6. The van der Waals surface area contributed by atoms with Crippen LogP contribution in [0.15, 0.2) is 0 Å². The summed E-state index contributed by atoms with van der Waals surface area (Å²) in [7, 11) is 7.77. The molecule has 53 heavy (non-hydrogen) atoms. The third-order valence-corrected chi connectivity index (χ3v) is 16.7. The molecule has 4 N–H and O–H groups in total. The van der Waals surface area contributed by atoms with Gasteiger partial charge in [0.05, 0.1) is 24.9 Å². The fourth-order valence-corrected chi connectivity index (χ4v) is 13.4. The number of likely N-dealkylation sites (N-methyl/N-ethyl adjacent to an activating group) is 1. The summed E-state index contributed by atoms with van der Waals surface area (Å²) in [5, 5.41) is 30.6. The Morgan fingerprint density at radius 2 is 1.77 bits per heavy atom. The van der Waals surface area contributed by atoms with Gasteiger partial charge in [0.25, 0.3) is 0 Å². The highest BCUT2D eigenvalue weighted by Gasteiger charge is 2.58. The minimum absolute atomic E-state index is 0.0426. The van der Waals surface area contributed by atoms with Gasteiger partial charge in [-0.3, -0.25) is 14.4 Å². The summed E-state index contributed by atoms with van der Waals surface area (Å²) in [6.07, 6.45) is 8.48.